The van der Waals surface area contributed by atoms with Crippen LogP contribution in [0.5, 0.6) is 0 Å². The topological polar surface area (TPSA) is 69.6 Å². The lowest BCUT2D eigenvalue weighted by molar-refractivity contribution is -0.138. The number of carbonyl (C=O) groups is 1. The Hall–Kier alpha value is -1.20. The maximum atomic E-state index is 10.7. The number of carboxylic acids is 1. The predicted octanol–water partition coefficient (Wildman–Crippen LogP) is 1.27. The molecule has 1 atom stereocenters. The average Bonchev–Trinajstić information content (AvgIpc) is 2.25. The van der Waals surface area contributed by atoms with Gasteiger partial charge in [-0.3, -0.25) is 0 Å². The molecule has 0 fully saturated rings. The molecule has 0 heterocycles. The first kappa shape index (κ1) is 11.9. The lowest BCUT2D eigenvalue weighted by Gasteiger charge is -2.13. The van der Waals surface area contributed by atoms with E-state index in [1.807, 2.05) is 24.5 Å². The molecule has 0 aliphatic carbocycles. The first-order chi connectivity index (χ1) is 7.17. The molecule has 1 aromatic rings. The van der Waals surface area contributed by atoms with Gasteiger partial charge in [-0.05, 0) is 24.5 Å². The molecule has 0 saturated heterocycles. The number of carboxylic acid groups (broad SMARTS) is 1. The lowest BCUT2D eigenvalue weighted by atomic mass is 10.2. The van der Waals surface area contributed by atoms with Gasteiger partial charge in [0, 0.05) is 10.6 Å². The van der Waals surface area contributed by atoms with Gasteiger partial charge in [0.2, 0.25) is 0 Å². The maximum Gasteiger partial charge on any atom is 0.328 e. The summed E-state index contributed by atoms with van der Waals surface area (Å²) in [6.07, 6.45) is 1.94. The summed E-state index contributed by atoms with van der Waals surface area (Å²) in [5.74, 6) is -1.06. The Morgan fingerprint density at radius 1 is 1.60 bits per heavy atom. The van der Waals surface area contributed by atoms with Gasteiger partial charge in [0.1, 0.15) is 6.04 Å². The van der Waals surface area contributed by atoms with Crippen LogP contribution in [0.1, 0.15) is 0 Å². The summed E-state index contributed by atoms with van der Waals surface area (Å²) in [7, 11) is 0. The quantitative estimate of drug-likeness (QED) is 0.661. The zero-order valence-corrected chi connectivity index (χ0v) is 9.12. The molecule has 5 heteroatoms. The van der Waals surface area contributed by atoms with Crippen LogP contribution in [0.15, 0.2) is 29.2 Å². The van der Waals surface area contributed by atoms with E-state index < -0.39 is 18.6 Å². The molecule has 0 aromatic heterocycles. The molecular weight excluding hydrogens is 214 g/mol. The van der Waals surface area contributed by atoms with Crippen molar-refractivity contribution in [1.82, 2.24) is 0 Å². The number of benzene rings is 1. The summed E-state index contributed by atoms with van der Waals surface area (Å²) in [6, 6.07) is 6.43. The summed E-state index contributed by atoms with van der Waals surface area (Å²) in [5.41, 5.74) is 0.698. The van der Waals surface area contributed by atoms with Gasteiger partial charge < -0.3 is 15.5 Å². The Balaban J connectivity index is 2.74. The number of hydrogen-bond donors (Lipinski definition) is 3. The van der Waals surface area contributed by atoms with E-state index in [0.717, 1.165) is 4.90 Å². The summed E-state index contributed by atoms with van der Waals surface area (Å²) < 4.78 is 0. The third-order valence-corrected chi connectivity index (χ3v) is 2.62. The Kier molecular flexibility index (Phi) is 4.45. The van der Waals surface area contributed by atoms with Gasteiger partial charge in [0.05, 0.1) is 6.61 Å². The number of nitrogens with one attached hydrogen (secondary N) is 1. The summed E-state index contributed by atoms with van der Waals surface area (Å²) in [5, 5.41) is 20.3. The van der Waals surface area contributed by atoms with Gasteiger partial charge in [-0.15, -0.1) is 11.8 Å². The molecule has 0 saturated carbocycles. The van der Waals surface area contributed by atoms with E-state index in [-0.39, 0.29) is 0 Å². The monoisotopic (exact) mass is 227 g/mol. The van der Waals surface area contributed by atoms with Crippen molar-refractivity contribution in [3.63, 3.8) is 0 Å². The van der Waals surface area contributed by atoms with E-state index in [1.54, 1.807) is 17.8 Å². The van der Waals surface area contributed by atoms with Crippen LogP contribution in [0, 0.1) is 0 Å². The van der Waals surface area contributed by atoms with Crippen LogP contribution in [0.3, 0.4) is 0 Å². The van der Waals surface area contributed by atoms with Crippen LogP contribution in [0.4, 0.5) is 5.69 Å². The summed E-state index contributed by atoms with van der Waals surface area (Å²) >= 11 is 1.58. The minimum atomic E-state index is -1.06. The van der Waals surface area contributed by atoms with Crippen LogP contribution < -0.4 is 5.32 Å². The Bertz CT molecular complexity index is 343. The zero-order chi connectivity index (χ0) is 11.3. The number of aliphatic hydroxyl groups excluding tert-OH is 1. The highest BCUT2D eigenvalue weighted by Crippen LogP contribution is 2.19. The molecule has 0 bridgehead atoms. The lowest BCUT2D eigenvalue weighted by Crippen LogP contribution is -2.32. The van der Waals surface area contributed by atoms with E-state index >= 15 is 0 Å². The molecule has 0 aliphatic heterocycles. The smallest absolute Gasteiger partial charge is 0.328 e. The number of anilines is 1. The second kappa shape index (κ2) is 5.63. The van der Waals surface area contributed by atoms with Crippen molar-refractivity contribution >= 4 is 23.4 Å². The Labute approximate surface area is 92.3 Å². The fraction of sp³-hybridized carbons (Fsp3) is 0.300. The largest absolute Gasteiger partial charge is 0.480 e. The molecule has 4 nitrogen and oxygen atoms in total. The molecule has 0 spiro atoms. The van der Waals surface area contributed by atoms with E-state index in [9.17, 15) is 4.79 Å². The Morgan fingerprint density at radius 3 is 2.87 bits per heavy atom. The van der Waals surface area contributed by atoms with Crippen LogP contribution in [-0.2, 0) is 4.79 Å². The zero-order valence-electron chi connectivity index (χ0n) is 8.30. The highest BCUT2D eigenvalue weighted by Gasteiger charge is 2.15. The number of rotatable bonds is 5. The molecular formula is C10H13NO3S. The van der Waals surface area contributed by atoms with Crippen molar-refractivity contribution < 1.29 is 15.0 Å². The van der Waals surface area contributed by atoms with Gasteiger partial charge in [0.25, 0.3) is 0 Å². The van der Waals surface area contributed by atoms with Crippen LogP contribution in [0.2, 0.25) is 0 Å². The standard InChI is InChI=1S/C10H13NO3S/c1-15-8-4-2-3-7(5-8)11-9(6-12)10(13)14/h2-5,9,11-12H,6H2,1H3,(H,13,14)/t9-/m0/s1. The molecule has 0 aliphatic rings. The number of thioether (sulfide) groups is 1. The number of aliphatic hydroxyl groups is 1. The molecule has 15 heavy (non-hydrogen) atoms. The van der Waals surface area contributed by atoms with Gasteiger partial charge in [-0.2, -0.15) is 0 Å². The molecule has 0 radical (unpaired) electrons. The van der Waals surface area contributed by atoms with Crippen LogP contribution in [-0.4, -0.2) is 35.1 Å². The highest BCUT2D eigenvalue weighted by molar-refractivity contribution is 7.98. The molecule has 0 unspecified atom stereocenters. The average molecular weight is 227 g/mol. The maximum absolute atomic E-state index is 10.7. The third kappa shape index (κ3) is 3.45. The van der Waals surface area contributed by atoms with Crippen molar-refractivity contribution in [1.29, 1.82) is 0 Å². The van der Waals surface area contributed by atoms with Crippen molar-refractivity contribution in [3.05, 3.63) is 24.3 Å². The molecule has 0 amide bonds. The number of hydrogen-bond acceptors (Lipinski definition) is 4. The Morgan fingerprint density at radius 2 is 2.33 bits per heavy atom. The van der Waals surface area contributed by atoms with Gasteiger partial charge >= 0.3 is 5.97 Å². The van der Waals surface area contributed by atoms with E-state index in [1.165, 1.54) is 0 Å². The van der Waals surface area contributed by atoms with E-state index in [4.69, 9.17) is 10.2 Å². The molecule has 82 valence electrons. The summed E-state index contributed by atoms with van der Waals surface area (Å²) in [6.45, 7) is -0.432. The van der Waals surface area contributed by atoms with Crippen LogP contribution >= 0.6 is 11.8 Å². The second-order valence-corrected chi connectivity index (χ2v) is 3.83. The minimum Gasteiger partial charge on any atom is -0.480 e. The summed E-state index contributed by atoms with van der Waals surface area (Å²) in [4.78, 5) is 11.7. The molecule has 1 aromatic carbocycles. The van der Waals surface area contributed by atoms with E-state index in [2.05, 4.69) is 5.32 Å². The van der Waals surface area contributed by atoms with Gasteiger partial charge in [0.15, 0.2) is 0 Å². The minimum absolute atomic E-state index is 0.432. The molecule has 1 rings (SSSR count). The SMILES string of the molecule is CSc1cccc(N[C@@H](CO)C(=O)O)c1. The fourth-order valence-electron chi connectivity index (χ4n) is 1.10. The van der Waals surface area contributed by atoms with Crippen molar-refractivity contribution in [3.8, 4) is 0 Å². The first-order valence-electron chi connectivity index (χ1n) is 4.41. The van der Waals surface area contributed by atoms with Crippen molar-refractivity contribution in [2.45, 2.75) is 10.9 Å². The van der Waals surface area contributed by atoms with E-state index in [0.29, 0.717) is 5.69 Å². The van der Waals surface area contributed by atoms with Gasteiger partial charge in [-0.1, -0.05) is 6.07 Å². The third-order valence-electron chi connectivity index (χ3n) is 1.89. The highest BCUT2D eigenvalue weighted by atomic mass is 32.2. The predicted molar refractivity (Wildman–Crippen MR) is 60.4 cm³/mol. The number of aliphatic carboxylic acids is 1. The second-order valence-electron chi connectivity index (χ2n) is 2.95. The van der Waals surface area contributed by atoms with Crippen LogP contribution in [0.25, 0.3) is 0 Å². The first-order valence-corrected chi connectivity index (χ1v) is 5.64. The fourth-order valence-corrected chi connectivity index (χ4v) is 1.56. The van der Waals surface area contributed by atoms with Crippen molar-refractivity contribution in [2.75, 3.05) is 18.2 Å². The molecule has 3 N–H and O–H groups in total. The normalized spacial score (nSPS) is 12.1. The van der Waals surface area contributed by atoms with Gasteiger partial charge in [-0.25, -0.2) is 4.79 Å². The van der Waals surface area contributed by atoms with Crippen molar-refractivity contribution in [2.24, 2.45) is 0 Å².